The van der Waals surface area contributed by atoms with Crippen molar-refractivity contribution in [1.29, 1.82) is 0 Å². The Morgan fingerprint density at radius 3 is 2.23 bits per heavy atom. The number of nitrogens with zero attached hydrogens (tertiary/aromatic N) is 1. The van der Waals surface area contributed by atoms with E-state index in [0.29, 0.717) is 34.8 Å². The molecular formula is C34H32N2O4. The van der Waals surface area contributed by atoms with E-state index in [1.807, 2.05) is 68.4 Å². The van der Waals surface area contributed by atoms with E-state index in [9.17, 15) is 14.4 Å². The number of ether oxygens (including phenoxy) is 1. The molecule has 4 aromatic rings. The van der Waals surface area contributed by atoms with Crippen molar-refractivity contribution < 1.29 is 19.1 Å². The molecule has 0 aliphatic heterocycles. The van der Waals surface area contributed by atoms with Gasteiger partial charge in [0.25, 0.3) is 0 Å². The Balaban J connectivity index is 1.63. The highest BCUT2D eigenvalue weighted by atomic mass is 16.5. The molecule has 40 heavy (non-hydrogen) atoms. The highest BCUT2D eigenvalue weighted by Gasteiger charge is 2.23. The number of aryl methyl sites for hydroxylation is 1. The standard InChI is InChI=1S/C34H32N2O4/c1-4-22-40-30-18-12-26(13-19-30)14-21-33(38)35-28-15-20-32(31(23-28)34(39)27-8-6-5-7-9-27)36(25(3)37)29-16-10-24(2)11-17-29/h5-21,23H,4,22H2,1-3H3,(H,35,38)/b21-14+. The van der Waals surface area contributed by atoms with Crippen LogP contribution < -0.4 is 15.0 Å². The fraction of sp³-hybridized carbons (Fsp3) is 0.147. The maximum atomic E-state index is 13.6. The number of amides is 2. The summed E-state index contributed by atoms with van der Waals surface area (Å²) in [4.78, 5) is 40.7. The summed E-state index contributed by atoms with van der Waals surface area (Å²) in [5.41, 5.74) is 4.20. The summed E-state index contributed by atoms with van der Waals surface area (Å²) in [6, 6.07) is 28.8. The van der Waals surface area contributed by atoms with Crippen molar-refractivity contribution in [3.8, 4) is 5.75 Å². The molecule has 4 rings (SSSR count). The number of nitrogens with one attached hydrogen (secondary N) is 1. The number of carbonyl (C=O) groups is 3. The van der Waals surface area contributed by atoms with Crippen LogP contribution in [0.25, 0.3) is 6.08 Å². The van der Waals surface area contributed by atoms with E-state index in [1.54, 1.807) is 48.5 Å². The average molecular weight is 533 g/mol. The van der Waals surface area contributed by atoms with Crippen molar-refractivity contribution in [2.24, 2.45) is 0 Å². The predicted octanol–water partition coefficient (Wildman–Crippen LogP) is 7.35. The van der Waals surface area contributed by atoms with Crippen LogP contribution in [0.5, 0.6) is 5.75 Å². The number of ketones is 1. The van der Waals surface area contributed by atoms with E-state index in [-0.39, 0.29) is 17.6 Å². The van der Waals surface area contributed by atoms with Gasteiger partial charge in [-0.2, -0.15) is 0 Å². The van der Waals surface area contributed by atoms with Crippen LogP contribution in [0, 0.1) is 6.92 Å². The molecule has 6 heteroatoms. The lowest BCUT2D eigenvalue weighted by atomic mass is 9.99. The number of hydrogen-bond donors (Lipinski definition) is 1. The molecule has 6 nitrogen and oxygen atoms in total. The highest BCUT2D eigenvalue weighted by Crippen LogP contribution is 2.33. The lowest BCUT2D eigenvalue weighted by Crippen LogP contribution is -2.25. The van der Waals surface area contributed by atoms with Gasteiger partial charge in [-0.25, -0.2) is 0 Å². The minimum atomic E-state index is -0.348. The summed E-state index contributed by atoms with van der Waals surface area (Å²) in [6.45, 7) is 6.13. The van der Waals surface area contributed by atoms with E-state index in [0.717, 1.165) is 23.3 Å². The minimum Gasteiger partial charge on any atom is -0.494 e. The lowest BCUT2D eigenvalue weighted by Gasteiger charge is -2.24. The van der Waals surface area contributed by atoms with Gasteiger partial charge in [0, 0.05) is 35.5 Å². The Morgan fingerprint density at radius 1 is 0.875 bits per heavy atom. The van der Waals surface area contributed by atoms with E-state index in [1.165, 1.54) is 17.9 Å². The van der Waals surface area contributed by atoms with Crippen LogP contribution >= 0.6 is 0 Å². The fourth-order valence-corrected chi connectivity index (χ4v) is 4.17. The van der Waals surface area contributed by atoms with Gasteiger partial charge in [0.1, 0.15) is 5.75 Å². The van der Waals surface area contributed by atoms with Crippen LogP contribution in [-0.4, -0.2) is 24.2 Å². The molecule has 0 fully saturated rings. The SMILES string of the molecule is CCCOc1ccc(/C=C/C(=O)Nc2ccc(N(C(C)=O)c3ccc(C)cc3)c(C(=O)c3ccccc3)c2)cc1. The molecule has 2 amide bonds. The second-order valence-corrected chi connectivity index (χ2v) is 9.36. The molecule has 4 aromatic carbocycles. The van der Waals surface area contributed by atoms with Crippen LogP contribution in [0.2, 0.25) is 0 Å². The van der Waals surface area contributed by atoms with Crippen molar-refractivity contribution in [2.45, 2.75) is 27.2 Å². The Hall–Kier alpha value is -4.97. The van der Waals surface area contributed by atoms with Crippen molar-refractivity contribution in [1.82, 2.24) is 0 Å². The number of rotatable bonds is 10. The topological polar surface area (TPSA) is 75.7 Å². The van der Waals surface area contributed by atoms with Gasteiger partial charge in [0.05, 0.1) is 12.3 Å². The van der Waals surface area contributed by atoms with Gasteiger partial charge >= 0.3 is 0 Å². The summed E-state index contributed by atoms with van der Waals surface area (Å²) in [5.74, 6) is -0.0636. The molecule has 0 heterocycles. The smallest absolute Gasteiger partial charge is 0.248 e. The third-order valence-electron chi connectivity index (χ3n) is 6.17. The van der Waals surface area contributed by atoms with Gasteiger partial charge in [-0.15, -0.1) is 0 Å². The van der Waals surface area contributed by atoms with Crippen molar-refractivity contribution in [3.63, 3.8) is 0 Å². The Labute approximate surface area is 234 Å². The number of benzene rings is 4. The van der Waals surface area contributed by atoms with E-state index in [2.05, 4.69) is 5.32 Å². The molecule has 0 aliphatic rings. The normalized spacial score (nSPS) is 10.8. The number of anilines is 3. The van der Waals surface area contributed by atoms with Gasteiger partial charge in [-0.1, -0.05) is 67.1 Å². The summed E-state index contributed by atoms with van der Waals surface area (Å²) >= 11 is 0. The molecular weight excluding hydrogens is 500 g/mol. The second-order valence-electron chi connectivity index (χ2n) is 9.36. The van der Waals surface area contributed by atoms with E-state index < -0.39 is 0 Å². The third kappa shape index (κ3) is 7.11. The molecule has 0 atom stereocenters. The van der Waals surface area contributed by atoms with Gasteiger partial charge < -0.3 is 10.1 Å². The van der Waals surface area contributed by atoms with Crippen LogP contribution in [-0.2, 0) is 9.59 Å². The van der Waals surface area contributed by atoms with Gasteiger partial charge in [-0.05, 0) is 67.4 Å². The predicted molar refractivity (Wildman–Crippen MR) is 160 cm³/mol. The number of carbonyl (C=O) groups excluding carboxylic acids is 3. The van der Waals surface area contributed by atoms with Crippen molar-refractivity contribution in [2.75, 3.05) is 16.8 Å². The number of hydrogen-bond acceptors (Lipinski definition) is 4. The molecule has 0 aliphatic carbocycles. The maximum absolute atomic E-state index is 13.6. The van der Waals surface area contributed by atoms with Crippen molar-refractivity contribution >= 4 is 40.7 Å². The molecule has 0 saturated heterocycles. The quantitative estimate of drug-likeness (QED) is 0.171. The first-order chi connectivity index (χ1) is 19.4. The van der Waals surface area contributed by atoms with Gasteiger partial charge in [0.2, 0.25) is 11.8 Å². The largest absolute Gasteiger partial charge is 0.494 e. The molecule has 0 unspecified atom stereocenters. The zero-order chi connectivity index (χ0) is 28.5. The lowest BCUT2D eigenvalue weighted by molar-refractivity contribution is -0.116. The highest BCUT2D eigenvalue weighted by molar-refractivity contribution is 6.16. The first-order valence-corrected chi connectivity index (χ1v) is 13.2. The Kier molecular flexibility index (Phi) is 9.26. The van der Waals surface area contributed by atoms with E-state index >= 15 is 0 Å². The van der Waals surface area contributed by atoms with Crippen LogP contribution in [0.1, 0.15) is 47.3 Å². The molecule has 0 bridgehead atoms. The summed E-state index contributed by atoms with van der Waals surface area (Å²) in [6.07, 6.45) is 4.07. The first-order valence-electron chi connectivity index (χ1n) is 13.2. The molecule has 0 aromatic heterocycles. The second kappa shape index (κ2) is 13.2. The molecule has 0 saturated carbocycles. The maximum Gasteiger partial charge on any atom is 0.248 e. The zero-order valence-electron chi connectivity index (χ0n) is 22.9. The average Bonchev–Trinajstić information content (AvgIpc) is 2.97. The van der Waals surface area contributed by atoms with Gasteiger partial charge in [0.15, 0.2) is 5.78 Å². The first kappa shape index (κ1) is 28.0. The van der Waals surface area contributed by atoms with Crippen LogP contribution in [0.3, 0.4) is 0 Å². The molecule has 1 N–H and O–H groups in total. The Morgan fingerprint density at radius 2 is 1.57 bits per heavy atom. The minimum absolute atomic E-state index is 0.239. The summed E-state index contributed by atoms with van der Waals surface area (Å²) in [7, 11) is 0. The molecule has 0 spiro atoms. The Bertz CT molecular complexity index is 1510. The third-order valence-corrected chi connectivity index (χ3v) is 6.17. The summed E-state index contributed by atoms with van der Waals surface area (Å²) in [5, 5.41) is 2.83. The zero-order valence-corrected chi connectivity index (χ0v) is 22.9. The summed E-state index contributed by atoms with van der Waals surface area (Å²) < 4.78 is 5.60. The van der Waals surface area contributed by atoms with E-state index in [4.69, 9.17) is 4.74 Å². The monoisotopic (exact) mass is 532 g/mol. The fourth-order valence-electron chi connectivity index (χ4n) is 4.17. The van der Waals surface area contributed by atoms with Crippen LogP contribution in [0.4, 0.5) is 17.1 Å². The van der Waals surface area contributed by atoms with Gasteiger partial charge in [-0.3, -0.25) is 19.3 Å². The molecule has 0 radical (unpaired) electrons. The molecule has 202 valence electrons. The van der Waals surface area contributed by atoms with Crippen molar-refractivity contribution in [3.05, 3.63) is 125 Å². The van der Waals surface area contributed by atoms with Crippen LogP contribution in [0.15, 0.2) is 103 Å².